The first-order valence-electron chi connectivity index (χ1n) is 9.45. The fraction of sp³-hybridized carbons (Fsp3) is 0.364. The van der Waals surface area contributed by atoms with Gasteiger partial charge in [-0.05, 0) is 49.3 Å². The summed E-state index contributed by atoms with van der Waals surface area (Å²) >= 11 is 0. The highest BCUT2D eigenvalue weighted by atomic mass is 16.1. The molecule has 1 aliphatic rings. The first-order chi connectivity index (χ1) is 12.9. The van der Waals surface area contributed by atoms with E-state index in [1.807, 2.05) is 19.9 Å². The van der Waals surface area contributed by atoms with Crippen molar-refractivity contribution in [2.24, 2.45) is 0 Å². The van der Waals surface area contributed by atoms with Crippen molar-refractivity contribution in [3.63, 3.8) is 0 Å². The monoisotopic (exact) mass is 360 g/mol. The second-order valence-corrected chi connectivity index (χ2v) is 7.72. The van der Waals surface area contributed by atoms with E-state index in [4.69, 9.17) is 0 Å². The van der Waals surface area contributed by atoms with Crippen LogP contribution < -0.4 is 0 Å². The summed E-state index contributed by atoms with van der Waals surface area (Å²) in [5.41, 5.74) is 5.92. The van der Waals surface area contributed by atoms with Crippen molar-refractivity contribution in [3.8, 4) is 5.95 Å². The number of Topliss-reactive ketones (excluding diaryl/α,β-unsaturated/α-hetero) is 1. The highest BCUT2D eigenvalue weighted by Crippen LogP contribution is 2.34. The zero-order chi connectivity index (χ0) is 19.1. The topological polar surface area (TPSA) is 60.7 Å². The lowest BCUT2D eigenvalue weighted by molar-refractivity contribution is 0.0963. The average Bonchev–Trinajstić information content (AvgIpc) is 3.05. The van der Waals surface area contributed by atoms with Crippen LogP contribution in [0.3, 0.4) is 0 Å². The van der Waals surface area contributed by atoms with E-state index in [0.29, 0.717) is 23.9 Å². The highest BCUT2D eigenvalue weighted by Gasteiger charge is 2.30. The third-order valence-electron chi connectivity index (χ3n) is 5.28. The Morgan fingerprint density at radius 1 is 1.04 bits per heavy atom. The van der Waals surface area contributed by atoms with Crippen molar-refractivity contribution < 1.29 is 4.79 Å². The predicted molar refractivity (Wildman–Crippen MR) is 105 cm³/mol. The van der Waals surface area contributed by atoms with Crippen molar-refractivity contribution in [3.05, 3.63) is 70.3 Å². The zero-order valence-corrected chi connectivity index (χ0v) is 16.2. The maximum Gasteiger partial charge on any atom is 0.251 e. The number of ketones is 1. The van der Waals surface area contributed by atoms with E-state index in [9.17, 15) is 4.79 Å². The van der Waals surface area contributed by atoms with Gasteiger partial charge in [-0.1, -0.05) is 38.1 Å². The van der Waals surface area contributed by atoms with Gasteiger partial charge in [0.1, 0.15) is 0 Å². The third kappa shape index (κ3) is 3.29. The third-order valence-corrected chi connectivity index (χ3v) is 5.28. The van der Waals surface area contributed by atoms with Crippen molar-refractivity contribution in [1.82, 2.24) is 19.7 Å². The quantitative estimate of drug-likeness (QED) is 0.698. The van der Waals surface area contributed by atoms with Gasteiger partial charge in [0.15, 0.2) is 5.78 Å². The van der Waals surface area contributed by atoms with Gasteiger partial charge in [-0.25, -0.2) is 14.6 Å². The molecule has 0 saturated carbocycles. The van der Waals surface area contributed by atoms with Crippen LogP contribution in [0, 0.1) is 13.8 Å². The van der Waals surface area contributed by atoms with Crippen molar-refractivity contribution in [1.29, 1.82) is 0 Å². The predicted octanol–water partition coefficient (Wildman–Crippen LogP) is 4.32. The minimum atomic E-state index is 0.143. The van der Waals surface area contributed by atoms with Crippen molar-refractivity contribution >= 4 is 5.78 Å². The fourth-order valence-electron chi connectivity index (χ4n) is 3.81. The van der Waals surface area contributed by atoms with E-state index in [1.165, 1.54) is 11.1 Å². The van der Waals surface area contributed by atoms with E-state index < -0.39 is 0 Å². The number of rotatable bonds is 3. The maximum atomic E-state index is 12.7. The van der Waals surface area contributed by atoms with Crippen LogP contribution in [0.15, 0.2) is 36.5 Å². The van der Waals surface area contributed by atoms with Crippen LogP contribution >= 0.6 is 0 Å². The van der Waals surface area contributed by atoms with Gasteiger partial charge < -0.3 is 0 Å². The molecule has 0 N–H and O–H groups in total. The summed E-state index contributed by atoms with van der Waals surface area (Å²) in [6, 6.07) is 10.6. The standard InChI is InChI=1S/C22H24N4O/c1-13(2)16-5-7-17(8-6-16)18-10-20-19(21(27)11-18)12-23-26(20)22-24-14(3)9-15(4)25-22/h5-9,12-13,18H,10-11H2,1-4H3/t18-/m1/s1. The summed E-state index contributed by atoms with van der Waals surface area (Å²) in [5.74, 6) is 1.34. The Morgan fingerprint density at radius 3 is 2.33 bits per heavy atom. The van der Waals surface area contributed by atoms with Gasteiger partial charge in [-0.3, -0.25) is 4.79 Å². The van der Waals surface area contributed by atoms with E-state index in [2.05, 4.69) is 53.2 Å². The number of aryl methyl sites for hydroxylation is 2. The molecule has 5 heteroatoms. The normalized spacial score (nSPS) is 16.6. The van der Waals surface area contributed by atoms with Gasteiger partial charge >= 0.3 is 0 Å². The van der Waals surface area contributed by atoms with Crippen LogP contribution in [-0.4, -0.2) is 25.5 Å². The molecular weight excluding hydrogens is 336 g/mol. The molecule has 1 atom stereocenters. The summed E-state index contributed by atoms with van der Waals surface area (Å²) in [6.07, 6.45) is 2.95. The van der Waals surface area contributed by atoms with Crippen LogP contribution in [0.25, 0.3) is 5.95 Å². The van der Waals surface area contributed by atoms with Gasteiger partial charge in [0, 0.05) is 17.8 Å². The molecule has 0 radical (unpaired) electrons. The molecule has 27 heavy (non-hydrogen) atoms. The minimum Gasteiger partial charge on any atom is -0.294 e. The van der Waals surface area contributed by atoms with Gasteiger partial charge in [0.2, 0.25) is 0 Å². The molecule has 0 aliphatic heterocycles. The Kier molecular flexibility index (Phi) is 4.38. The summed E-state index contributed by atoms with van der Waals surface area (Å²) in [7, 11) is 0. The number of nitrogens with zero attached hydrogens (tertiary/aromatic N) is 4. The molecule has 0 saturated heterocycles. The second-order valence-electron chi connectivity index (χ2n) is 7.72. The lowest BCUT2D eigenvalue weighted by atomic mass is 9.82. The minimum absolute atomic E-state index is 0.143. The van der Waals surface area contributed by atoms with Crippen LogP contribution in [0.2, 0.25) is 0 Å². The molecule has 1 aliphatic carbocycles. The Hall–Kier alpha value is -2.82. The molecule has 138 valence electrons. The molecule has 2 aromatic heterocycles. The van der Waals surface area contributed by atoms with Crippen molar-refractivity contribution in [2.45, 2.75) is 52.4 Å². The van der Waals surface area contributed by atoms with Gasteiger partial charge in [0.25, 0.3) is 5.95 Å². The number of carbonyl (C=O) groups excluding carboxylic acids is 1. The van der Waals surface area contributed by atoms with E-state index in [1.54, 1.807) is 10.9 Å². The molecule has 0 amide bonds. The smallest absolute Gasteiger partial charge is 0.251 e. The Morgan fingerprint density at radius 2 is 1.70 bits per heavy atom. The molecule has 4 rings (SSSR count). The zero-order valence-electron chi connectivity index (χ0n) is 16.2. The van der Waals surface area contributed by atoms with Gasteiger partial charge in [-0.15, -0.1) is 0 Å². The van der Waals surface area contributed by atoms with Gasteiger partial charge in [0.05, 0.1) is 17.5 Å². The first kappa shape index (κ1) is 17.6. The number of carbonyl (C=O) groups is 1. The molecule has 0 bridgehead atoms. The number of aromatic nitrogens is 4. The second kappa shape index (κ2) is 6.72. The van der Waals surface area contributed by atoms with Gasteiger partial charge in [-0.2, -0.15) is 5.10 Å². The molecule has 5 nitrogen and oxygen atoms in total. The number of hydrogen-bond acceptors (Lipinski definition) is 4. The van der Waals surface area contributed by atoms with Crippen LogP contribution in [0.1, 0.15) is 70.7 Å². The van der Waals surface area contributed by atoms with E-state index in [0.717, 1.165) is 23.5 Å². The molecule has 1 aromatic carbocycles. The van der Waals surface area contributed by atoms with E-state index in [-0.39, 0.29) is 11.7 Å². The fourth-order valence-corrected chi connectivity index (χ4v) is 3.81. The summed E-state index contributed by atoms with van der Waals surface area (Å²) in [6.45, 7) is 8.26. The Balaban J connectivity index is 1.71. The molecule has 0 spiro atoms. The van der Waals surface area contributed by atoms with Crippen LogP contribution in [0.5, 0.6) is 0 Å². The molecule has 3 aromatic rings. The molecule has 0 unspecified atom stereocenters. The van der Waals surface area contributed by atoms with Crippen LogP contribution in [-0.2, 0) is 6.42 Å². The number of hydrogen-bond donors (Lipinski definition) is 0. The highest BCUT2D eigenvalue weighted by molar-refractivity contribution is 5.98. The maximum absolute atomic E-state index is 12.7. The lowest BCUT2D eigenvalue weighted by Crippen LogP contribution is -2.21. The largest absolute Gasteiger partial charge is 0.294 e. The SMILES string of the molecule is Cc1cc(C)nc(-n2ncc3c2C[C@@H](c2ccc(C(C)C)cc2)CC3=O)n1. The van der Waals surface area contributed by atoms with E-state index >= 15 is 0 Å². The first-order valence-corrected chi connectivity index (χ1v) is 9.45. The molecular formula is C22H24N4O. The number of benzene rings is 1. The molecule has 2 heterocycles. The summed E-state index contributed by atoms with van der Waals surface area (Å²) in [4.78, 5) is 21.8. The lowest BCUT2D eigenvalue weighted by Gasteiger charge is -2.23. The number of fused-ring (bicyclic) bond motifs is 1. The molecule has 0 fully saturated rings. The Bertz CT molecular complexity index is 981. The summed E-state index contributed by atoms with van der Waals surface area (Å²) in [5, 5.41) is 4.44. The van der Waals surface area contributed by atoms with Crippen LogP contribution in [0.4, 0.5) is 0 Å². The average molecular weight is 360 g/mol. The Labute approximate surface area is 159 Å². The van der Waals surface area contributed by atoms with Crippen molar-refractivity contribution in [2.75, 3.05) is 0 Å². The summed E-state index contributed by atoms with van der Waals surface area (Å²) < 4.78 is 1.74.